The molecule has 2 bridgehead atoms. The number of hydrogen-bond acceptors (Lipinski definition) is 5. The van der Waals surface area contributed by atoms with Gasteiger partial charge in [0.15, 0.2) is 5.84 Å². The lowest BCUT2D eigenvalue weighted by Gasteiger charge is -2.37. The number of aliphatic imine (C=N–C) groups is 1. The van der Waals surface area contributed by atoms with Crippen LogP contribution in [0.4, 0.5) is 5.69 Å². The van der Waals surface area contributed by atoms with E-state index in [1.165, 1.54) is 16.1 Å². The highest BCUT2D eigenvalue weighted by Crippen LogP contribution is 2.37. The van der Waals surface area contributed by atoms with Crippen molar-refractivity contribution in [2.24, 2.45) is 10.9 Å². The van der Waals surface area contributed by atoms with E-state index in [0.29, 0.717) is 17.9 Å². The van der Waals surface area contributed by atoms with Gasteiger partial charge in [0, 0.05) is 40.6 Å². The normalized spacial score (nSPS) is 27.0. The van der Waals surface area contributed by atoms with Crippen molar-refractivity contribution in [1.82, 2.24) is 9.27 Å². The van der Waals surface area contributed by atoms with Crippen LogP contribution in [-0.4, -0.2) is 46.1 Å². The molecule has 140 valence electrons. The highest BCUT2D eigenvalue weighted by molar-refractivity contribution is 7.06. The molecule has 0 aliphatic carbocycles. The maximum Gasteiger partial charge on any atom is 0.158 e. The van der Waals surface area contributed by atoms with E-state index >= 15 is 0 Å². The number of amidine groups is 2. The van der Waals surface area contributed by atoms with E-state index in [1.54, 1.807) is 11.5 Å². The Morgan fingerprint density at radius 1 is 1.15 bits per heavy atom. The average molecular weight is 400 g/mol. The van der Waals surface area contributed by atoms with Gasteiger partial charge in [0.25, 0.3) is 0 Å². The van der Waals surface area contributed by atoms with Gasteiger partial charge in [-0.1, -0.05) is 18.5 Å². The molecule has 3 atom stereocenters. The van der Waals surface area contributed by atoms with Crippen LogP contribution in [0, 0.1) is 18.3 Å². The van der Waals surface area contributed by atoms with E-state index in [1.807, 2.05) is 12.1 Å². The largest absolute Gasteiger partial charge is 0.365 e. The molecule has 1 aromatic carbocycles. The Balaban J connectivity index is 1.45. The van der Waals surface area contributed by atoms with Crippen LogP contribution in [0.25, 0.3) is 0 Å². The van der Waals surface area contributed by atoms with Crippen LogP contribution in [0.1, 0.15) is 29.5 Å². The van der Waals surface area contributed by atoms with Crippen LogP contribution in [0.2, 0.25) is 5.02 Å². The molecular weight excluding hydrogens is 378 g/mol. The number of piperazine rings is 1. The Morgan fingerprint density at radius 3 is 2.56 bits per heavy atom. The third kappa shape index (κ3) is 2.77. The highest BCUT2D eigenvalue weighted by Gasteiger charge is 2.46. The predicted octanol–water partition coefficient (Wildman–Crippen LogP) is 3.98. The van der Waals surface area contributed by atoms with Crippen molar-refractivity contribution in [3.63, 3.8) is 0 Å². The predicted molar refractivity (Wildman–Crippen MR) is 112 cm³/mol. The second-order valence-electron chi connectivity index (χ2n) is 7.82. The quantitative estimate of drug-likeness (QED) is 0.788. The van der Waals surface area contributed by atoms with Gasteiger partial charge in [0.1, 0.15) is 11.5 Å². The molecule has 1 N–H and O–H groups in total. The van der Waals surface area contributed by atoms with E-state index in [9.17, 15) is 0 Å². The first kappa shape index (κ1) is 17.2. The number of aryl methyl sites for hydroxylation is 1. The Kier molecular flexibility index (Phi) is 4.02. The van der Waals surface area contributed by atoms with Crippen molar-refractivity contribution in [2.45, 2.75) is 38.8 Å². The summed E-state index contributed by atoms with van der Waals surface area (Å²) in [5.74, 6) is 1.54. The van der Waals surface area contributed by atoms with Crippen molar-refractivity contribution in [3.8, 4) is 0 Å². The third-order valence-electron chi connectivity index (χ3n) is 6.07. The van der Waals surface area contributed by atoms with E-state index in [0.717, 1.165) is 42.5 Å². The Morgan fingerprint density at radius 2 is 1.85 bits per heavy atom. The van der Waals surface area contributed by atoms with Gasteiger partial charge in [0.2, 0.25) is 0 Å². The zero-order valence-electron chi connectivity index (χ0n) is 15.4. The minimum atomic E-state index is 0.140. The van der Waals surface area contributed by atoms with E-state index in [-0.39, 0.29) is 5.92 Å². The van der Waals surface area contributed by atoms with Crippen molar-refractivity contribution in [1.29, 1.82) is 5.41 Å². The molecule has 4 heterocycles. The van der Waals surface area contributed by atoms with Gasteiger partial charge in [0.05, 0.1) is 6.04 Å². The molecule has 2 fully saturated rings. The maximum atomic E-state index is 8.38. The number of rotatable bonds is 1. The summed E-state index contributed by atoms with van der Waals surface area (Å²) in [6.45, 7) is 6.14. The molecule has 0 amide bonds. The van der Waals surface area contributed by atoms with Gasteiger partial charge in [-0.3, -0.25) is 5.41 Å². The number of anilines is 1. The van der Waals surface area contributed by atoms with Gasteiger partial charge in [-0.05, 0) is 61.1 Å². The van der Waals surface area contributed by atoms with Crippen LogP contribution in [0.5, 0.6) is 0 Å². The standard InChI is InChI=1S/C20H22ClN5S/c1-11-7-17-12(2)27-24-18(17)20(23-19(11)22)26-10-15-8-16(26)9-25(15)14-5-3-13(21)4-6-14/h3-6,11,15-16,22H,7-10H2,1-2H3. The molecule has 5 rings (SSSR count). The first-order valence-corrected chi connectivity index (χ1v) is 10.6. The zero-order chi connectivity index (χ0) is 18.7. The van der Waals surface area contributed by atoms with E-state index in [4.69, 9.17) is 26.4 Å². The molecule has 3 aliphatic heterocycles. The number of fused-ring (bicyclic) bond motifs is 3. The van der Waals surface area contributed by atoms with Gasteiger partial charge >= 0.3 is 0 Å². The lowest BCUT2D eigenvalue weighted by Crippen LogP contribution is -2.49. The number of nitrogens with one attached hydrogen (secondary N) is 1. The van der Waals surface area contributed by atoms with Crippen LogP contribution in [-0.2, 0) is 6.42 Å². The molecule has 2 saturated heterocycles. The second kappa shape index (κ2) is 6.31. The minimum Gasteiger partial charge on any atom is -0.365 e. The molecule has 0 saturated carbocycles. The number of benzene rings is 1. The summed E-state index contributed by atoms with van der Waals surface area (Å²) in [6.07, 6.45) is 1.99. The summed E-state index contributed by atoms with van der Waals surface area (Å²) in [6, 6.07) is 9.02. The second-order valence-corrected chi connectivity index (χ2v) is 9.23. The molecule has 0 spiro atoms. The summed E-state index contributed by atoms with van der Waals surface area (Å²) in [5, 5.41) is 9.16. The van der Waals surface area contributed by atoms with Crippen LogP contribution in [0.15, 0.2) is 29.3 Å². The summed E-state index contributed by atoms with van der Waals surface area (Å²) in [5.41, 5.74) is 3.53. The topological polar surface area (TPSA) is 55.6 Å². The summed E-state index contributed by atoms with van der Waals surface area (Å²) < 4.78 is 4.73. The van der Waals surface area contributed by atoms with Crippen molar-refractivity contribution < 1.29 is 0 Å². The fourth-order valence-electron chi connectivity index (χ4n) is 4.56. The first-order chi connectivity index (χ1) is 13.0. The number of aromatic nitrogens is 1. The van der Waals surface area contributed by atoms with Gasteiger partial charge in [-0.15, -0.1) is 0 Å². The third-order valence-corrected chi connectivity index (χ3v) is 7.12. The number of likely N-dealkylation sites (tertiary alicyclic amines) is 1. The minimum absolute atomic E-state index is 0.140. The smallest absolute Gasteiger partial charge is 0.158 e. The van der Waals surface area contributed by atoms with Crippen LogP contribution in [0.3, 0.4) is 0 Å². The van der Waals surface area contributed by atoms with Crippen LogP contribution >= 0.6 is 23.1 Å². The molecule has 1 aromatic heterocycles. The summed E-state index contributed by atoms with van der Waals surface area (Å²) in [7, 11) is 0. The monoisotopic (exact) mass is 399 g/mol. The van der Waals surface area contributed by atoms with E-state index < -0.39 is 0 Å². The highest BCUT2D eigenvalue weighted by atomic mass is 35.5. The Labute approximate surface area is 168 Å². The average Bonchev–Trinajstić information content (AvgIpc) is 3.33. The fraction of sp³-hybridized carbons (Fsp3) is 0.450. The molecule has 2 aromatic rings. The molecule has 3 unspecified atom stereocenters. The molecule has 27 heavy (non-hydrogen) atoms. The summed E-state index contributed by atoms with van der Waals surface area (Å²) in [4.78, 5) is 10.9. The van der Waals surface area contributed by atoms with Crippen LogP contribution < -0.4 is 4.90 Å². The van der Waals surface area contributed by atoms with Crippen molar-refractivity contribution >= 4 is 40.5 Å². The molecule has 7 heteroatoms. The Bertz CT molecular complexity index is 934. The van der Waals surface area contributed by atoms with Crippen molar-refractivity contribution in [2.75, 3.05) is 18.0 Å². The number of halogens is 1. The SMILES string of the molecule is Cc1snc2c1CC(C)C(=N)N=C2N1CC2CC1CN2c1ccc(Cl)cc1. The Hall–Kier alpha value is -1.92. The molecule has 3 aliphatic rings. The molecule has 0 radical (unpaired) electrons. The number of hydrogen-bond donors (Lipinski definition) is 1. The lowest BCUT2D eigenvalue weighted by atomic mass is 10.00. The van der Waals surface area contributed by atoms with Gasteiger partial charge in [-0.25, -0.2) is 4.99 Å². The van der Waals surface area contributed by atoms with Crippen molar-refractivity contribution in [3.05, 3.63) is 45.4 Å². The van der Waals surface area contributed by atoms with E-state index in [2.05, 4.69) is 35.8 Å². The first-order valence-electron chi connectivity index (χ1n) is 9.42. The maximum absolute atomic E-state index is 8.38. The zero-order valence-corrected chi connectivity index (χ0v) is 17.0. The fourth-order valence-corrected chi connectivity index (χ4v) is 5.40. The summed E-state index contributed by atoms with van der Waals surface area (Å²) >= 11 is 7.61. The lowest BCUT2D eigenvalue weighted by molar-refractivity contribution is 0.367. The van der Waals surface area contributed by atoms with Gasteiger partial charge < -0.3 is 9.80 Å². The molecular formula is C20H22ClN5S. The molecule has 5 nitrogen and oxygen atoms in total. The van der Waals surface area contributed by atoms with Gasteiger partial charge in [-0.2, -0.15) is 4.37 Å². The number of nitrogens with zero attached hydrogens (tertiary/aromatic N) is 4.